The minimum Gasteiger partial charge on any atom is -0.497 e. The number of piperazine rings is 1. The monoisotopic (exact) mass is 498 g/mol. The highest BCUT2D eigenvalue weighted by Gasteiger charge is 2.67. The number of carbonyl (C=O) groups is 3. The number of ether oxygens (including phenoxy) is 3. The van der Waals surface area contributed by atoms with Crippen molar-refractivity contribution in [1.82, 2.24) is 14.8 Å². The summed E-state index contributed by atoms with van der Waals surface area (Å²) in [6.07, 6.45) is 3.08. The van der Waals surface area contributed by atoms with Crippen molar-refractivity contribution in [2.75, 3.05) is 51.3 Å². The number of amides is 3. The fourth-order valence-corrected chi connectivity index (χ4v) is 6.57. The van der Waals surface area contributed by atoms with Crippen molar-refractivity contribution >= 4 is 44.6 Å². The number of benzene rings is 1. The lowest BCUT2D eigenvalue weighted by molar-refractivity contribution is -0.141. The molecule has 0 radical (unpaired) electrons. The standard InChI is InChI=1S/C24H26N4O6S/c1-3-33-23(31)27-10-8-26(9-11-27)20(29)18-16-6-7-24(34-16)13-28(21(30)19(18)24)22-25-15-12-14(32-2)4-5-17(15)35-22/h4-7,12,16,18-19H,3,8-11,13H2,1-2H3/t16-,18-,19+,24-/m0/s1. The van der Waals surface area contributed by atoms with Gasteiger partial charge in [-0.15, -0.1) is 0 Å². The zero-order chi connectivity index (χ0) is 24.3. The molecule has 6 rings (SSSR count). The second-order valence-corrected chi connectivity index (χ2v) is 10.2. The largest absolute Gasteiger partial charge is 0.497 e. The molecule has 2 aromatic rings. The first-order valence-corrected chi connectivity index (χ1v) is 12.6. The number of hydrogen-bond donors (Lipinski definition) is 0. The van der Waals surface area contributed by atoms with Crippen LogP contribution in [0.4, 0.5) is 9.93 Å². The van der Waals surface area contributed by atoms with Gasteiger partial charge in [0.15, 0.2) is 5.13 Å². The summed E-state index contributed by atoms with van der Waals surface area (Å²) in [6, 6.07) is 5.64. The quantitative estimate of drug-likeness (QED) is 0.594. The molecule has 35 heavy (non-hydrogen) atoms. The van der Waals surface area contributed by atoms with Gasteiger partial charge in [-0.2, -0.15) is 0 Å². The molecule has 1 spiro atoms. The molecule has 0 N–H and O–H groups in total. The number of carbonyl (C=O) groups excluding carboxylic acids is 3. The Hall–Kier alpha value is -3.18. The molecule has 2 bridgehead atoms. The molecule has 11 heteroatoms. The molecular formula is C24H26N4O6S. The van der Waals surface area contributed by atoms with Crippen molar-refractivity contribution in [2.45, 2.75) is 18.6 Å². The lowest BCUT2D eigenvalue weighted by Crippen LogP contribution is -2.54. The molecular weight excluding hydrogens is 472 g/mol. The normalized spacial score (nSPS) is 29.3. The van der Waals surface area contributed by atoms with E-state index in [1.54, 1.807) is 28.7 Å². The Balaban J connectivity index is 1.22. The smallest absolute Gasteiger partial charge is 0.409 e. The van der Waals surface area contributed by atoms with E-state index in [0.29, 0.717) is 50.2 Å². The molecule has 4 atom stereocenters. The van der Waals surface area contributed by atoms with Gasteiger partial charge < -0.3 is 24.0 Å². The molecule has 5 heterocycles. The lowest BCUT2D eigenvalue weighted by atomic mass is 9.76. The summed E-state index contributed by atoms with van der Waals surface area (Å²) in [4.78, 5) is 49.0. The highest BCUT2D eigenvalue weighted by atomic mass is 32.1. The van der Waals surface area contributed by atoms with Crippen molar-refractivity contribution in [3.8, 4) is 5.75 Å². The van der Waals surface area contributed by atoms with Crippen LogP contribution >= 0.6 is 11.3 Å². The van der Waals surface area contributed by atoms with Crippen molar-refractivity contribution in [1.29, 1.82) is 0 Å². The third-order valence-corrected chi connectivity index (χ3v) is 8.38. The summed E-state index contributed by atoms with van der Waals surface area (Å²) in [5, 5.41) is 0.594. The Kier molecular flexibility index (Phi) is 5.22. The molecule has 3 saturated heterocycles. The Morgan fingerprint density at radius 3 is 2.74 bits per heavy atom. The Morgan fingerprint density at radius 2 is 2.00 bits per heavy atom. The van der Waals surface area contributed by atoms with Gasteiger partial charge >= 0.3 is 6.09 Å². The third-order valence-electron chi connectivity index (χ3n) is 7.32. The Bertz CT molecular complexity index is 1240. The average Bonchev–Trinajstić information content (AvgIpc) is 3.62. The fourth-order valence-electron chi connectivity index (χ4n) is 5.61. The van der Waals surface area contributed by atoms with Crippen LogP contribution in [-0.4, -0.2) is 90.8 Å². The van der Waals surface area contributed by atoms with Crippen LogP contribution in [0, 0.1) is 11.8 Å². The minimum atomic E-state index is -0.815. The first-order valence-electron chi connectivity index (χ1n) is 11.8. The first-order chi connectivity index (χ1) is 16.9. The highest BCUT2D eigenvalue weighted by Crippen LogP contribution is 2.53. The van der Waals surface area contributed by atoms with Crippen LogP contribution in [0.1, 0.15) is 6.92 Å². The van der Waals surface area contributed by atoms with Gasteiger partial charge in [-0.25, -0.2) is 9.78 Å². The maximum Gasteiger partial charge on any atom is 0.409 e. The zero-order valence-corrected chi connectivity index (χ0v) is 20.3. The number of hydrogen-bond acceptors (Lipinski definition) is 8. The Morgan fingerprint density at radius 1 is 1.23 bits per heavy atom. The zero-order valence-electron chi connectivity index (χ0n) is 19.5. The predicted molar refractivity (Wildman–Crippen MR) is 127 cm³/mol. The number of anilines is 1. The van der Waals surface area contributed by atoms with Crippen molar-refractivity contribution in [3.63, 3.8) is 0 Å². The van der Waals surface area contributed by atoms with Crippen LogP contribution in [-0.2, 0) is 19.1 Å². The molecule has 184 valence electrons. The second kappa shape index (κ2) is 8.20. The van der Waals surface area contributed by atoms with Crippen molar-refractivity contribution in [3.05, 3.63) is 30.4 Å². The summed E-state index contributed by atoms with van der Waals surface area (Å²) in [5.41, 5.74) is -0.0516. The summed E-state index contributed by atoms with van der Waals surface area (Å²) in [7, 11) is 1.60. The van der Waals surface area contributed by atoms with Crippen LogP contribution in [0.3, 0.4) is 0 Å². The van der Waals surface area contributed by atoms with Gasteiger partial charge in [-0.05, 0) is 19.1 Å². The van der Waals surface area contributed by atoms with E-state index in [4.69, 9.17) is 14.2 Å². The Labute approximate surface area is 206 Å². The molecule has 0 saturated carbocycles. The lowest BCUT2D eigenvalue weighted by Gasteiger charge is -2.36. The molecule has 4 aliphatic rings. The van der Waals surface area contributed by atoms with Crippen LogP contribution in [0.25, 0.3) is 10.2 Å². The second-order valence-electron chi connectivity index (χ2n) is 9.17. The molecule has 4 aliphatic heterocycles. The number of thiazole rings is 1. The van der Waals surface area contributed by atoms with Gasteiger partial charge in [0.1, 0.15) is 11.4 Å². The summed E-state index contributed by atoms with van der Waals surface area (Å²) in [5.74, 6) is -0.697. The summed E-state index contributed by atoms with van der Waals surface area (Å²) in [6.45, 7) is 4.04. The molecule has 0 unspecified atom stereocenters. The molecule has 3 fully saturated rings. The molecule has 10 nitrogen and oxygen atoms in total. The number of methoxy groups -OCH3 is 1. The number of nitrogens with zero attached hydrogens (tertiary/aromatic N) is 4. The maximum absolute atomic E-state index is 13.7. The van der Waals surface area contributed by atoms with E-state index in [9.17, 15) is 14.4 Å². The minimum absolute atomic E-state index is 0.0982. The van der Waals surface area contributed by atoms with Crippen LogP contribution in [0.2, 0.25) is 0 Å². The summed E-state index contributed by atoms with van der Waals surface area (Å²) >= 11 is 1.44. The maximum atomic E-state index is 13.7. The van der Waals surface area contributed by atoms with E-state index in [1.165, 1.54) is 11.3 Å². The van der Waals surface area contributed by atoms with Gasteiger partial charge in [0, 0.05) is 32.2 Å². The third kappa shape index (κ3) is 3.40. The SMILES string of the molecule is CCOC(=O)N1CCN(C(=O)[C@H]2[C@@H]3C=C[C@@]4(CN(c5nc6cc(OC)ccc6s5)C(=O)[C@@H]24)O3)CC1. The molecule has 1 aromatic heterocycles. The van der Waals surface area contributed by atoms with Crippen molar-refractivity contribution < 1.29 is 28.6 Å². The van der Waals surface area contributed by atoms with Crippen molar-refractivity contribution in [2.24, 2.45) is 11.8 Å². The van der Waals surface area contributed by atoms with E-state index in [1.807, 2.05) is 30.4 Å². The number of rotatable bonds is 4. The topological polar surface area (TPSA) is 102 Å². The van der Waals surface area contributed by atoms with Gasteiger partial charge in [0.05, 0.1) is 48.4 Å². The molecule has 3 amide bonds. The van der Waals surface area contributed by atoms with E-state index in [0.717, 1.165) is 10.2 Å². The number of aromatic nitrogens is 1. The average molecular weight is 499 g/mol. The molecule has 0 aliphatic carbocycles. The summed E-state index contributed by atoms with van der Waals surface area (Å²) < 4.78 is 17.6. The first kappa shape index (κ1) is 22.3. The van der Waals surface area contributed by atoms with E-state index < -0.39 is 23.5 Å². The van der Waals surface area contributed by atoms with Gasteiger partial charge in [0.25, 0.3) is 0 Å². The van der Waals surface area contributed by atoms with E-state index in [-0.39, 0.29) is 17.9 Å². The van der Waals surface area contributed by atoms with Gasteiger partial charge in [0.2, 0.25) is 11.8 Å². The predicted octanol–water partition coefficient (Wildman–Crippen LogP) is 1.89. The molecule has 1 aromatic carbocycles. The van der Waals surface area contributed by atoms with Crippen LogP contribution in [0.15, 0.2) is 30.4 Å². The van der Waals surface area contributed by atoms with Gasteiger partial charge in [-0.1, -0.05) is 23.5 Å². The number of fused-ring (bicyclic) bond motifs is 2. The van der Waals surface area contributed by atoms with E-state index >= 15 is 0 Å². The van der Waals surface area contributed by atoms with Gasteiger partial charge in [-0.3, -0.25) is 14.5 Å². The highest BCUT2D eigenvalue weighted by molar-refractivity contribution is 7.22. The van der Waals surface area contributed by atoms with Crippen LogP contribution < -0.4 is 9.64 Å². The van der Waals surface area contributed by atoms with Crippen LogP contribution in [0.5, 0.6) is 5.75 Å². The fraction of sp³-hybridized carbons (Fsp3) is 0.500. The van der Waals surface area contributed by atoms with E-state index in [2.05, 4.69) is 4.98 Å².